The van der Waals surface area contributed by atoms with Gasteiger partial charge in [0, 0.05) is 10.6 Å². The molecule has 0 aliphatic carbocycles. The molecule has 0 aromatic heterocycles. The second-order valence-electron chi connectivity index (χ2n) is 4.64. The first-order chi connectivity index (χ1) is 11.0. The molecule has 23 heavy (non-hydrogen) atoms. The number of halogens is 2. The van der Waals surface area contributed by atoms with Crippen LogP contribution >= 0.6 is 23.2 Å². The maximum absolute atomic E-state index is 11.8. The number of benzene rings is 2. The molecule has 2 rings (SSSR count). The number of ether oxygens (including phenoxy) is 1. The molecule has 0 bridgehead atoms. The number of aromatic hydroxyl groups is 1. The van der Waals surface area contributed by atoms with Gasteiger partial charge in [0.05, 0.1) is 24.8 Å². The third-order valence-electron chi connectivity index (χ3n) is 2.97. The zero-order chi connectivity index (χ0) is 16.8. The third kappa shape index (κ3) is 4.87. The average Bonchev–Trinajstić information content (AvgIpc) is 2.52. The summed E-state index contributed by atoms with van der Waals surface area (Å²) in [6.07, 6.45) is 1.45. The van der Waals surface area contributed by atoms with E-state index in [0.29, 0.717) is 10.6 Å². The van der Waals surface area contributed by atoms with Crippen molar-refractivity contribution in [2.45, 2.75) is 6.42 Å². The Balaban J connectivity index is 1.96. The van der Waals surface area contributed by atoms with E-state index in [4.69, 9.17) is 27.9 Å². The monoisotopic (exact) mass is 352 g/mol. The Labute approximate surface area is 143 Å². The molecular weight excluding hydrogens is 339 g/mol. The number of methoxy groups -OCH3 is 1. The molecule has 0 spiro atoms. The van der Waals surface area contributed by atoms with Gasteiger partial charge < -0.3 is 9.84 Å². The summed E-state index contributed by atoms with van der Waals surface area (Å²) in [5.41, 5.74) is 3.51. The number of phenolic OH excluding ortho intramolecular Hbond substituents is 1. The minimum atomic E-state index is -0.293. The van der Waals surface area contributed by atoms with Crippen LogP contribution in [-0.4, -0.2) is 24.3 Å². The molecule has 5 nitrogen and oxygen atoms in total. The van der Waals surface area contributed by atoms with Gasteiger partial charge in [-0.25, -0.2) is 5.43 Å². The molecule has 0 radical (unpaired) electrons. The lowest BCUT2D eigenvalue weighted by molar-refractivity contribution is -0.120. The molecule has 0 saturated heterocycles. The van der Waals surface area contributed by atoms with Crippen molar-refractivity contribution in [3.63, 3.8) is 0 Å². The van der Waals surface area contributed by atoms with E-state index in [1.54, 1.807) is 31.4 Å². The summed E-state index contributed by atoms with van der Waals surface area (Å²) in [5.74, 6) is 0.281. The molecular formula is C16H14Cl2N2O3. The Morgan fingerprint density at radius 1 is 1.30 bits per heavy atom. The Morgan fingerprint density at radius 3 is 2.65 bits per heavy atom. The highest BCUT2D eigenvalue weighted by atomic mass is 35.5. The molecule has 2 N–H and O–H groups in total. The van der Waals surface area contributed by atoms with Crippen molar-refractivity contribution >= 4 is 35.3 Å². The SMILES string of the molecule is COc1ccc(CC(=O)N/N=C/c2cc(Cl)cc(Cl)c2O)cc1. The van der Waals surface area contributed by atoms with Crippen LogP contribution in [0.15, 0.2) is 41.5 Å². The number of amides is 1. The molecule has 0 fully saturated rings. The smallest absolute Gasteiger partial charge is 0.244 e. The third-order valence-corrected chi connectivity index (χ3v) is 3.48. The fourth-order valence-corrected chi connectivity index (χ4v) is 2.34. The number of hydrogen-bond donors (Lipinski definition) is 2. The molecule has 7 heteroatoms. The lowest BCUT2D eigenvalue weighted by Gasteiger charge is -2.04. The Bertz CT molecular complexity index is 731. The van der Waals surface area contributed by atoms with Crippen LogP contribution in [0.4, 0.5) is 0 Å². The normalized spacial score (nSPS) is 10.7. The van der Waals surface area contributed by atoms with E-state index in [1.165, 1.54) is 18.3 Å². The largest absolute Gasteiger partial charge is 0.506 e. The van der Waals surface area contributed by atoms with Gasteiger partial charge in [-0.05, 0) is 29.8 Å². The first-order valence-corrected chi connectivity index (χ1v) is 7.38. The molecule has 0 atom stereocenters. The van der Waals surface area contributed by atoms with Crippen molar-refractivity contribution in [1.29, 1.82) is 0 Å². The zero-order valence-corrected chi connectivity index (χ0v) is 13.7. The summed E-state index contributed by atoms with van der Waals surface area (Å²) in [6.45, 7) is 0. The summed E-state index contributed by atoms with van der Waals surface area (Å²) in [6, 6.07) is 10.0. The molecule has 0 unspecified atom stereocenters. The maximum Gasteiger partial charge on any atom is 0.244 e. The van der Waals surface area contributed by atoms with Crippen LogP contribution in [0, 0.1) is 0 Å². The number of phenols is 1. The number of nitrogens with zero attached hydrogens (tertiary/aromatic N) is 1. The number of carbonyl (C=O) groups excluding carboxylic acids is 1. The Hall–Kier alpha value is -2.24. The van der Waals surface area contributed by atoms with Gasteiger partial charge in [0.15, 0.2) is 0 Å². The summed E-state index contributed by atoms with van der Waals surface area (Å²) in [4.78, 5) is 11.8. The maximum atomic E-state index is 11.8. The van der Waals surface area contributed by atoms with Crippen LogP contribution in [0.2, 0.25) is 10.0 Å². The van der Waals surface area contributed by atoms with Gasteiger partial charge >= 0.3 is 0 Å². The van der Waals surface area contributed by atoms with Crippen LogP contribution in [0.1, 0.15) is 11.1 Å². The second-order valence-corrected chi connectivity index (χ2v) is 5.49. The number of hydrazone groups is 1. The molecule has 0 aliphatic rings. The predicted molar refractivity (Wildman–Crippen MR) is 90.6 cm³/mol. The van der Waals surface area contributed by atoms with Gasteiger partial charge in [0.1, 0.15) is 11.5 Å². The number of nitrogens with one attached hydrogen (secondary N) is 1. The van der Waals surface area contributed by atoms with E-state index < -0.39 is 0 Å². The second kappa shape index (κ2) is 7.85. The van der Waals surface area contributed by atoms with E-state index >= 15 is 0 Å². The van der Waals surface area contributed by atoms with Gasteiger partial charge in [0.2, 0.25) is 5.91 Å². The van der Waals surface area contributed by atoms with Gasteiger partial charge in [-0.2, -0.15) is 5.10 Å². The molecule has 2 aromatic carbocycles. The first kappa shape index (κ1) is 17.1. The van der Waals surface area contributed by atoms with Gasteiger partial charge in [-0.1, -0.05) is 35.3 Å². The summed E-state index contributed by atoms with van der Waals surface area (Å²) in [7, 11) is 1.58. The fraction of sp³-hybridized carbons (Fsp3) is 0.125. The number of carbonyl (C=O) groups is 1. The summed E-state index contributed by atoms with van der Waals surface area (Å²) < 4.78 is 5.05. The standard InChI is InChI=1S/C16H14Cl2N2O3/c1-23-13-4-2-10(3-5-13)6-15(21)20-19-9-11-7-12(17)8-14(18)16(11)22/h2-5,7-9,22H,6H2,1H3,(H,20,21)/b19-9+. The van der Waals surface area contributed by atoms with Crippen LogP contribution in [0.25, 0.3) is 0 Å². The molecule has 0 aliphatic heterocycles. The lowest BCUT2D eigenvalue weighted by atomic mass is 10.1. The highest BCUT2D eigenvalue weighted by Crippen LogP contribution is 2.29. The lowest BCUT2D eigenvalue weighted by Crippen LogP contribution is -2.19. The van der Waals surface area contributed by atoms with Crippen molar-refractivity contribution in [3.05, 3.63) is 57.6 Å². The van der Waals surface area contributed by atoms with Gasteiger partial charge in [0.25, 0.3) is 0 Å². The number of hydrogen-bond acceptors (Lipinski definition) is 4. The summed E-state index contributed by atoms with van der Waals surface area (Å²) >= 11 is 11.6. The van der Waals surface area contributed by atoms with E-state index in [1.807, 2.05) is 0 Å². The van der Waals surface area contributed by atoms with Gasteiger partial charge in [-0.15, -0.1) is 0 Å². The summed E-state index contributed by atoms with van der Waals surface area (Å²) in [5, 5.41) is 14.0. The topological polar surface area (TPSA) is 70.9 Å². The Morgan fingerprint density at radius 2 is 2.00 bits per heavy atom. The van der Waals surface area contributed by atoms with Crippen LogP contribution in [0.5, 0.6) is 11.5 Å². The molecule has 2 aromatic rings. The molecule has 1 amide bonds. The minimum absolute atomic E-state index is 0.114. The van der Waals surface area contributed by atoms with Gasteiger partial charge in [-0.3, -0.25) is 4.79 Å². The quantitative estimate of drug-likeness (QED) is 0.639. The van der Waals surface area contributed by atoms with Crippen molar-refractivity contribution in [2.24, 2.45) is 5.10 Å². The molecule has 0 saturated carbocycles. The molecule has 120 valence electrons. The molecule has 0 heterocycles. The average molecular weight is 353 g/mol. The van der Waals surface area contributed by atoms with E-state index in [2.05, 4.69) is 10.5 Å². The minimum Gasteiger partial charge on any atom is -0.506 e. The van der Waals surface area contributed by atoms with Crippen LogP contribution < -0.4 is 10.2 Å². The zero-order valence-electron chi connectivity index (χ0n) is 12.2. The van der Waals surface area contributed by atoms with E-state index in [0.717, 1.165) is 11.3 Å². The van der Waals surface area contributed by atoms with Crippen LogP contribution in [0.3, 0.4) is 0 Å². The Kier molecular flexibility index (Phi) is 5.84. The fourth-order valence-electron chi connectivity index (χ4n) is 1.83. The van der Waals surface area contributed by atoms with Crippen LogP contribution in [-0.2, 0) is 11.2 Å². The van der Waals surface area contributed by atoms with Crippen molar-refractivity contribution in [1.82, 2.24) is 5.43 Å². The highest BCUT2D eigenvalue weighted by Gasteiger charge is 2.06. The predicted octanol–water partition coefficient (Wildman–Crippen LogP) is 3.40. The first-order valence-electron chi connectivity index (χ1n) is 6.62. The van der Waals surface area contributed by atoms with E-state index in [-0.39, 0.29) is 23.1 Å². The highest BCUT2D eigenvalue weighted by molar-refractivity contribution is 6.36. The van der Waals surface area contributed by atoms with E-state index in [9.17, 15) is 9.90 Å². The number of rotatable bonds is 5. The van der Waals surface area contributed by atoms with Crippen molar-refractivity contribution < 1.29 is 14.6 Å². The van der Waals surface area contributed by atoms with Crippen molar-refractivity contribution in [2.75, 3.05) is 7.11 Å². The van der Waals surface area contributed by atoms with Crippen molar-refractivity contribution in [3.8, 4) is 11.5 Å².